The molecule has 0 aromatic carbocycles. The van der Waals surface area contributed by atoms with Crippen LogP contribution in [-0.4, -0.2) is 82.6 Å². The van der Waals surface area contributed by atoms with Crippen LogP contribution >= 0.6 is 0 Å². The Hall–Kier alpha value is -0.802. The molecule has 9 nitrogen and oxygen atoms in total. The summed E-state index contributed by atoms with van der Waals surface area (Å²) in [6, 6.07) is -0.906. The minimum absolute atomic E-state index is 0.0980. The fourth-order valence-corrected chi connectivity index (χ4v) is 9.57. The van der Waals surface area contributed by atoms with Crippen molar-refractivity contribution in [3.63, 3.8) is 0 Å². The molecule has 3 aliphatic rings. The van der Waals surface area contributed by atoms with Gasteiger partial charge in [0.05, 0.1) is 0 Å². The van der Waals surface area contributed by atoms with Gasteiger partial charge in [-0.05, 0) is 0 Å². The van der Waals surface area contributed by atoms with Crippen LogP contribution in [-0.2, 0) is 29.3 Å². The van der Waals surface area contributed by atoms with Crippen molar-refractivity contribution in [1.82, 2.24) is 14.3 Å². The van der Waals surface area contributed by atoms with Crippen molar-refractivity contribution >= 4 is 42.2 Å². The van der Waals surface area contributed by atoms with Gasteiger partial charge in [-0.15, -0.1) is 0 Å². The molecule has 0 aromatic rings. The molecule has 3 rings (SSSR count). The van der Waals surface area contributed by atoms with E-state index in [1.165, 1.54) is 4.31 Å². The van der Waals surface area contributed by atoms with E-state index in [1.54, 1.807) is 0 Å². The molecule has 1 amide bonds. The number of nitrogens with zero attached hydrogens (tertiary/aromatic N) is 1. The molecule has 2 saturated carbocycles. The number of ketones is 1. The Morgan fingerprint density at radius 2 is 1.65 bits per heavy atom. The summed E-state index contributed by atoms with van der Waals surface area (Å²) in [5, 5.41) is 2.83. The van der Waals surface area contributed by atoms with E-state index in [4.69, 9.17) is 4.74 Å². The summed E-state index contributed by atoms with van der Waals surface area (Å²) in [5.41, 5.74) is -1.31. The fourth-order valence-electron chi connectivity index (χ4n) is 5.11. The summed E-state index contributed by atoms with van der Waals surface area (Å²) in [5.74, 6) is -0.895. The number of hydrogen-bond acceptors (Lipinski definition) is 6. The molecule has 11 heteroatoms. The fraction of sp³-hybridized carbons (Fsp3) is 0.870. The van der Waals surface area contributed by atoms with E-state index in [9.17, 15) is 22.8 Å². The molecule has 1 heterocycles. The van der Waals surface area contributed by atoms with Crippen LogP contribution in [0.4, 0.5) is 0 Å². The first-order chi connectivity index (χ1) is 16.1. The normalized spacial score (nSPS) is 23.4. The van der Waals surface area contributed by atoms with Crippen molar-refractivity contribution in [2.75, 3.05) is 26.3 Å². The van der Waals surface area contributed by atoms with Crippen LogP contribution in [0.3, 0.4) is 0 Å². The Morgan fingerprint density at radius 1 is 1.03 bits per heavy atom. The topological polar surface area (TPSA) is 122 Å². The summed E-state index contributed by atoms with van der Waals surface area (Å²) in [4.78, 5) is 39.6. The summed E-state index contributed by atoms with van der Waals surface area (Å²) < 4.78 is 35.6. The zero-order valence-corrected chi connectivity index (χ0v) is 23.4. The molecular formula is C23H40AsN3O6S. The van der Waals surface area contributed by atoms with E-state index < -0.39 is 49.2 Å². The molecule has 2 aliphatic carbocycles. The first-order valence-electron chi connectivity index (χ1n) is 12.7. The monoisotopic (exact) mass is 561 g/mol. The molecule has 0 spiro atoms. The Labute approximate surface area is 210 Å². The van der Waals surface area contributed by atoms with Crippen molar-refractivity contribution in [1.29, 1.82) is 0 Å². The first-order valence-corrected chi connectivity index (χ1v) is 16.4. The maximum atomic E-state index is 13.6. The molecule has 2 N–H and O–H groups in total. The van der Waals surface area contributed by atoms with Gasteiger partial charge in [-0.1, -0.05) is 0 Å². The van der Waals surface area contributed by atoms with Gasteiger partial charge < -0.3 is 0 Å². The van der Waals surface area contributed by atoms with E-state index in [1.807, 2.05) is 13.8 Å². The molecular weight excluding hydrogens is 521 g/mol. The summed E-state index contributed by atoms with van der Waals surface area (Å²) in [6.45, 7) is 5.00. The first kappa shape index (κ1) is 27.8. The molecule has 2 atom stereocenters. The zero-order valence-electron chi connectivity index (χ0n) is 20.4. The van der Waals surface area contributed by atoms with Crippen molar-refractivity contribution in [2.45, 2.75) is 94.3 Å². The molecule has 0 bridgehead atoms. The quantitative estimate of drug-likeness (QED) is 0.290. The molecule has 0 aromatic heterocycles. The summed E-state index contributed by atoms with van der Waals surface area (Å²) >= 11 is -1.05. The SMILES string of the molecule is CC(C)C[C@H](NC(=O)C1(NS(=O)(=O)N2CCOCC2)CCCCC1)C(=O)C(=O)[AsH]C1CCCC1. The number of carbonyl (C=O) groups is 3. The van der Waals surface area contributed by atoms with Crippen LogP contribution < -0.4 is 10.0 Å². The molecule has 1 aliphatic heterocycles. The summed E-state index contributed by atoms with van der Waals surface area (Å²) in [6.07, 6.45) is 7.74. The van der Waals surface area contributed by atoms with Gasteiger partial charge in [0.2, 0.25) is 0 Å². The van der Waals surface area contributed by atoms with Gasteiger partial charge in [-0.2, -0.15) is 0 Å². The minimum atomic E-state index is -3.90. The molecule has 194 valence electrons. The molecule has 1 unspecified atom stereocenters. The summed E-state index contributed by atoms with van der Waals surface area (Å²) in [7, 11) is -3.90. The third-order valence-electron chi connectivity index (χ3n) is 7.02. The standard InChI is InChI=1S/C23H40AsN3O6S/c1-17(2)16-19(20(28)21(29)24-18-8-4-5-9-18)25-22(30)23(10-6-3-7-11-23)26-34(31,32)27-12-14-33-15-13-27/h17-19,24,26H,3-16H2,1-2H3,(H,25,30)/t19-/m0/s1. The Morgan fingerprint density at radius 3 is 2.24 bits per heavy atom. The molecule has 3 fully saturated rings. The van der Waals surface area contributed by atoms with Crippen LogP contribution in [0.2, 0.25) is 4.71 Å². The number of amides is 1. The zero-order chi connectivity index (χ0) is 24.8. The van der Waals surface area contributed by atoms with Crippen LogP contribution in [0.1, 0.15) is 78.1 Å². The maximum absolute atomic E-state index is 13.6. The van der Waals surface area contributed by atoms with E-state index in [-0.39, 0.29) is 23.6 Å². The number of rotatable bonds is 11. The van der Waals surface area contributed by atoms with Crippen molar-refractivity contribution in [3.05, 3.63) is 0 Å². The van der Waals surface area contributed by atoms with Gasteiger partial charge in [-0.3, -0.25) is 0 Å². The Bertz CT molecular complexity index is 832. The van der Waals surface area contributed by atoms with Gasteiger partial charge in [0.1, 0.15) is 0 Å². The molecule has 34 heavy (non-hydrogen) atoms. The second-order valence-electron chi connectivity index (χ2n) is 10.2. The average Bonchev–Trinajstić information content (AvgIpc) is 3.31. The Kier molecular flexibility index (Phi) is 10.2. The van der Waals surface area contributed by atoms with E-state index in [2.05, 4.69) is 10.0 Å². The second-order valence-corrected chi connectivity index (χ2v) is 15.2. The van der Waals surface area contributed by atoms with Crippen molar-refractivity contribution < 1.29 is 27.5 Å². The third-order valence-corrected chi connectivity index (χ3v) is 11.8. The number of hydrogen-bond donors (Lipinski definition) is 2. The Balaban J connectivity index is 1.75. The van der Waals surface area contributed by atoms with E-state index in [0.717, 1.165) is 32.1 Å². The van der Waals surface area contributed by atoms with Crippen LogP contribution in [0, 0.1) is 5.92 Å². The van der Waals surface area contributed by atoms with Gasteiger partial charge in [-0.25, -0.2) is 0 Å². The average molecular weight is 562 g/mol. The van der Waals surface area contributed by atoms with Crippen molar-refractivity contribution in [3.8, 4) is 0 Å². The predicted octanol–water partition coefficient (Wildman–Crippen LogP) is 1.28. The van der Waals surface area contributed by atoms with Gasteiger partial charge in [0, 0.05) is 0 Å². The number of carbonyl (C=O) groups excluding carboxylic acids is 3. The number of nitrogens with one attached hydrogen (secondary N) is 2. The van der Waals surface area contributed by atoms with E-state index >= 15 is 0 Å². The van der Waals surface area contributed by atoms with Gasteiger partial charge >= 0.3 is 211 Å². The van der Waals surface area contributed by atoms with Crippen LogP contribution in [0.15, 0.2) is 0 Å². The number of ether oxygens (including phenoxy) is 1. The third kappa shape index (κ3) is 7.35. The van der Waals surface area contributed by atoms with Gasteiger partial charge in [0.15, 0.2) is 0 Å². The van der Waals surface area contributed by atoms with Crippen LogP contribution in [0.25, 0.3) is 0 Å². The van der Waals surface area contributed by atoms with Gasteiger partial charge in [0.25, 0.3) is 0 Å². The van der Waals surface area contributed by atoms with E-state index in [0.29, 0.717) is 50.0 Å². The molecule has 1 saturated heterocycles. The van der Waals surface area contributed by atoms with Crippen molar-refractivity contribution in [2.24, 2.45) is 5.92 Å². The second kappa shape index (κ2) is 12.4. The van der Waals surface area contributed by atoms with Crippen LogP contribution in [0.5, 0.6) is 0 Å². The number of Topliss-reactive ketones (excluding diaryl/α,β-unsaturated/α-hetero) is 1. The predicted molar refractivity (Wildman–Crippen MR) is 131 cm³/mol. The molecule has 0 radical (unpaired) electrons. The number of morpholine rings is 1.